The molecule has 0 saturated carbocycles. The first kappa shape index (κ1) is 13.4. The lowest BCUT2D eigenvalue weighted by molar-refractivity contribution is 0.251. The molecule has 0 bridgehead atoms. The number of methoxy groups -OCH3 is 1. The van der Waals surface area contributed by atoms with Gasteiger partial charge in [-0.2, -0.15) is 0 Å². The maximum Gasteiger partial charge on any atom is 0.316 e. The number of nitrogens with zero attached hydrogens (tertiary/aromatic N) is 4. The van der Waals surface area contributed by atoms with Crippen molar-refractivity contribution in [1.82, 2.24) is 19.9 Å². The van der Waals surface area contributed by atoms with E-state index >= 15 is 0 Å². The molecule has 0 amide bonds. The minimum absolute atomic E-state index is 0.288. The molecule has 2 aromatic heterocycles. The first-order valence-electron chi connectivity index (χ1n) is 6.15. The summed E-state index contributed by atoms with van der Waals surface area (Å²) >= 11 is 0. The van der Waals surface area contributed by atoms with Gasteiger partial charge in [-0.1, -0.05) is 6.07 Å². The fourth-order valence-electron chi connectivity index (χ4n) is 1.83. The second-order valence-electron chi connectivity index (χ2n) is 4.46. The van der Waals surface area contributed by atoms with Crippen LogP contribution in [0, 0.1) is 0 Å². The molecule has 0 aromatic carbocycles. The van der Waals surface area contributed by atoms with Crippen LogP contribution in [0.4, 0.5) is 0 Å². The topological polar surface area (TPSA) is 51.1 Å². The summed E-state index contributed by atoms with van der Waals surface area (Å²) in [5, 5.41) is 0. The van der Waals surface area contributed by atoms with Crippen LogP contribution in [0.3, 0.4) is 0 Å². The zero-order valence-electron chi connectivity index (χ0n) is 11.4. The van der Waals surface area contributed by atoms with E-state index in [1.807, 2.05) is 12.3 Å². The third-order valence-electron chi connectivity index (χ3n) is 3.12. The minimum Gasteiger partial charge on any atom is -0.467 e. The van der Waals surface area contributed by atoms with Crippen LogP contribution in [0.25, 0.3) is 0 Å². The fourth-order valence-corrected chi connectivity index (χ4v) is 1.83. The highest BCUT2D eigenvalue weighted by atomic mass is 16.5. The minimum atomic E-state index is 0.288. The van der Waals surface area contributed by atoms with Crippen LogP contribution in [-0.4, -0.2) is 34.0 Å². The zero-order valence-corrected chi connectivity index (χ0v) is 11.4. The van der Waals surface area contributed by atoms with E-state index in [1.165, 1.54) is 5.56 Å². The van der Waals surface area contributed by atoms with Crippen LogP contribution in [0.1, 0.15) is 24.1 Å². The number of rotatable bonds is 5. The fraction of sp³-hybridized carbons (Fsp3) is 0.357. The first-order valence-corrected chi connectivity index (χ1v) is 6.15. The predicted octanol–water partition coefficient (Wildman–Crippen LogP) is 2.07. The summed E-state index contributed by atoms with van der Waals surface area (Å²) in [5.74, 6) is 0. The Balaban J connectivity index is 2.01. The molecule has 1 atom stereocenters. The average molecular weight is 258 g/mol. The number of hydrogen-bond acceptors (Lipinski definition) is 5. The normalized spacial score (nSPS) is 12.4. The smallest absolute Gasteiger partial charge is 0.316 e. The molecule has 0 aliphatic heterocycles. The Morgan fingerprint density at radius 2 is 2.00 bits per heavy atom. The van der Waals surface area contributed by atoms with E-state index in [9.17, 15) is 0 Å². The molecule has 0 aliphatic carbocycles. The number of ether oxygens (including phenoxy) is 1. The van der Waals surface area contributed by atoms with Crippen molar-refractivity contribution in [2.45, 2.75) is 19.5 Å². The van der Waals surface area contributed by atoms with Gasteiger partial charge in [0.2, 0.25) is 0 Å². The van der Waals surface area contributed by atoms with E-state index in [-0.39, 0.29) is 6.04 Å². The summed E-state index contributed by atoms with van der Waals surface area (Å²) in [4.78, 5) is 14.6. The Morgan fingerprint density at radius 3 is 2.58 bits per heavy atom. The zero-order chi connectivity index (χ0) is 13.7. The SMILES string of the molecule is COc1ncc(CN(C)C(C)c2cccnc2)cn1. The molecule has 19 heavy (non-hydrogen) atoms. The van der Waals surface area contributed by atoms with Gasteiger partial charge in [-0.15, -0.1) is 0 Å². The van der Waals surface area contributed by atoms with Gasteiger partial charge in [-0.25, -0.2) is 9.97 Å². The van der Waals surface area contributed by atoms with Crippen LogP contribution >= 0.6 is 0 Å². The van der Waals surface area contributed by atoms with E-state index in [2.05, 4.69) is 39.9 Å². The molecule has 5 nitrogen and oxygen atoms in total. The predicted molar refractivity (Wildman–Crippen MR) is 72.7 cm³/mol. The molecule has 0 fully saturated rings. The molecule has 1 unspecified atom stereocenters. The number of hydrogen-bond donors (Lipinski definition) is 0. The molecule has 2 heterocycles. The van der Waals surface area contributed by atoms with Crippen molar-refractivity contribution in [2.75, 3.05) is 14.2 Å². The largest absolute Gasteiger partial charge is 0.467 e. The van der Waals surface area contributed by atoms with Crippen molar-refractivity contribution < 1.29 is 4.74 Å². The van der Waals surface area contributed by atoms with Crippen molar-refractivity contribution in [3.05, 3.63) is 48.0 Å². The maximum absolute atomic E-state index is 4.95. The molecule has 5 heteroatoms. The lowest BCUT2D eigenvalue weighted by Crippen LogP contribution is -2.22. The lowest BCUT2D eigenvalue weighted by atomic mass is 10.1. The molecule has 0 spiro atoms. The highest BCUT2D eigenvalue weighted by molar-refractivity contribution is 5.14. The monoisotopic (exact) mass is 258 g/mol. The van der Waals surface area contributed by atoms with Gasteiger partial charge in [0, 0.05) is 42.9 Å². The Kier molecular flexibility index (Phi) is 4.41. The van der Waals surface area contributed by atoms with Gasteiger partial charge in [0.15, 0.2) is 0 Å². The van der Waals surface area contributed by atoms with Gasteiger partial charge in [-0.05, 0) is 25.6 Å². The number of pyridine rings is 1. The van der Waals surface area contributed by atoms with Crippen molar-refractivity contribution in [3.63, 3.8) is 0 Å². The van der Waals surface area contributed by atoms with Gasteiger partial charge < -0.3 is 4.74 Å². The highest BCUT2D eigenvalue weighted by Crippen LogP contribution is 2.19. The highest BCUT2D eigenvalue weighted by Gasteiger charge is 2.12. The second-order valence-corrected chi connectivity index (χ2v) is 4.46. The average Bonchev–Trinajstić information content (AvgIpc) is 2.48. The molecule has 0 N–H and O–H groups in total. The quantitative estimate of drug-likeness (QED) is 0.821. The van der Waals surface area contributed by atoms with Gasteiger partial charge in [-0.3, -0.25) is 9.88 Å². The molecule has 100 valence electrons. The first-order chi connectivity index (χ1) is 9.20. The third-order valence-corrected chi connectivity index (χ3v) is 3.12. The Morgan fingerprint density at radius 1 is 1.26 bits per heavy atom. The summed E-state index contributed by atoms with van der Waals surface area (Å²) in [7, 11) is 3.63. The Hall–Kier alpha value is -2.01. The summed E-state index contributed by atoms with van der Waals surface area (Å²) in [6.07, 6.45) is 7.26. The van der Waals surface area contributed by atoms with Crippen LogP contribution in [0.5, 0.6) is 6.01 Å². The molecule has 2 rings (SSSR count). The van der Waals surface area contributed by atoms with Crippen LogP contribution in [0.2, 0.25) is 0 Å². The van der Waals surface area contributed by atoms with E-state index in [0.29, 0.717) is 6.01 Å². The molecular formula is C14H18N4O. The van der Waals surface area contributed by atoms with E-state index < -0.39 is 0 Å². The Labute approximate surface area is 113 Å². The molecule has 0 radical (unpaired) electrons. The number of aromatic nitrogens is 3. The van der Waals surface area contributed by atoms with Crippen molar-refractivity contribution in [3.8, 4) is 6.01 Å². The summed E-state index contributed by atoms with van der Waals surface area (Å²) in [6, 6.07) is 4.72. The van der Waals surface area contributed by atoms with Crippen LogP contribution in [0.15, 0.2) is 36.9 Å². The van der Waals surface area contributed by atoms with E-state index in [1.54, 1.807) is 25.7 Å². The molecule has 0 saturated heterocycles. The van der Waals surface area contributed by atoms with Gasteiger partial charge in [0.25, 0.3) is 0 Å². The van der Waals surface area contributed by atoms with Crippen LogP contribution < -0.4 is 4.74 Å². The third kappa shape index (κ3) is 3.48. The van der Waals surface area contributed by atoms with Gasteiger partial charge in [0.05, 0.1) is 7.11 Å². The summed E-state index contributed by atoms with van der Waals surface area (Å²) in [6.45, 7) is 2.93. The van der Waals surface area contributed by atoms with Gasteiger partial charge >= 0.3 is 6.01 Å². The lowest BCUT2D eigenvalue weighted by Gasteiger charge is -2.24. The van der Waals surface area contributed by atoms with Crippen LogP contribution in [-0.2, 0) is 6.54 Å². The molecule has 0 aliphatic rings. The Bertz CT molecular complexity index is 501. The molecule has 2 aromatic rings. The standard InChI is InChI=1S/C14H18N4O/c1-11(13-5-4-6-15-9-13)18(2)10-12-7-16-14(19-3)17-8-12/h4-9,11H,10H2,1-3H3. The molecular weight excluding hydrogens is 240 g/mol. The van der Waals surface area contributed by atoms with Crippen molar-refractivity contribution in [1.29, 1.82) is 0 Å². The summed E-state index contributed by atoms with van der Waals surface area (Å²) < 4.78 is 4.95. The van der Waals surface area contributed by atoms with Gasteiger partial charge in [0.1, 0.15) is 0 Å². The maximum atomic E-state index is 4.95. The summed E-state index contributed by atoms with van der Waals surface area (Å²) in [5.41, 5.74) is 2.25. The second kappa shape index (κ2) is 6.24. The van der Waals surface area contributed by atoms with Crippen molar-refractivity contribution in [2.24, 2.45) is 0 Å². The van der Waals surface area contributed by atoms with E-state index in [4.69, 9.17) is 4.74 Å². The van der Waals surface area contributed by atoms with Crippen molar-refractivity contribution >= 4 is 0 Å². The van der Waals surface area contributed by atoms with E-state index in [0.717, 1.165) is 12.1 Å².